The fraction of sp³-hybridized carbons (Fsp3) is 0.500. The first-order valence-corrected chi connectivity index (χ1v) is 3.67. The molecule has 0 bridgehead atoms. The number of methoxy groups -OCH3 is 1. The van der Waals surface area contributed by atoms with Crippen LogP contribution in [-0.4, -0.2) is 19.1 Å². The number of hydrogen-bond donors (Lipinski definition) is 2. The van der Waals surface area contributed by atoms with Gasteiger partial charge < -0.3 is 15.0 Å². The Morgan fingerprint density at radius 1 is 1.45 bits per heavy atom. The summed E-state index contributed by atoms with van der Waals surface area (Å²) >= 11 is 0. The minimum Gasteiger partial charge on any atom is -0.378 e. The summed E-state index contributed by atoms with van der Waals surface area (Å²) in [7, 11) is 3.62. The van der Waals surface area contributed by atoms with Gasteiger partial charge in [-0.2, -0.15) is 0 Å². The van der Waals surface area contributed by atoms with Gasteiger partial charge in [0.1, 0.15) is 0 Å². The van der Waals surface area contributed by atoms with E-state index < -0.39 is 0 Å². The summed E-state index contributed by atoms with van der Waals surface area (Å²) in [5.41, 5.74) is 2.32. The lowest BCUT2D eigenvalue weighted by molar-refractivity contribution is 0.182. The molecule has 62 valence electrons. The van der Waals surface area contributed by atoms with E-state index in [1.807, 2.05) is 13.1 Å². The van der Waals surface area contributed by atoms with Crippen LogP contribution < -0.4 is 5.32 Å². The number of hydrogen-bond acceptors (Lipinski definition) is 2. The van der Waals surface area contributed by atoms with Crippen LogP contribution in [0.3, 0.4) is 0 Å². The van der Waals surface area contributed by atoms with Crippen LogP contribution in [0.1, 0.15) is 11.4 Å². The van der Waals surface area contributed by atoms with Gasteiger partial charge in [-0.05, 0) is 19.2 Å². The third kappa shape index (κ3) is 2.37. The number of H-pyrrole nitrogens is 1. The van der Waals surface area contributed by atoms with Crippen LogP contribution in [0, 0.1) is 0 Å². The number of nitrogens with one attached hydrogen (secondary N) is 2. The van der Waals surface area contributed by atoms with Gasteiger partial charge in [0.2, 0.25) is 0 Å². The first kappa shape index (κ1) is 8.30. The predicted octanol–water partition coefficient (Wildman–Crippen LogP) is 0.880. The smallest absolute Gasteiger partial charge is 0.0861 e. The molecule has 0 aliphatic heterocycles. The van der Waals surface area contributed by atoms with Gasteiger partial charge in [-0.3, -0.25) is 0 Å². The topological polar surface area (TPSA) is 37.0 Å². The molecule has 3 heteroatoms. The molecular weight excluding hydrogens is 140 g/mol. The SMILES string of the molecule is CNCc1ccc(COC)[nH]1. The summed E-state index contributed by atoms with van der Waals surface area (Å²) in [6.45, 7) is 1.54. The molecule has 1 aromatic heterocycles. The quantitative estimate of drug-likeness (QED) is 0.675. The Kier molecular flexibility index (Phi) is 3.14. The van der Waals surface area contributed by atoms with Gasteiger partial charge >= 0.3 is 0 Å². The molecule has 0 radical (unpaired) electrons. The van der Waals surface area contributed by atoms with Crippen LogP contribution in [0.15, 0.2) is 12.1 Å². The molecule has 0 spiro atoms. The standard InChI is InChI=1S/C8H14N2O/c1-9-5-7-3-4-8(10-7)6-11-2/h3-4,9-10H,5-6H2,1-2H3. The van der Waals surface area contributed by atoms with Crippen molar-refractivity contribution < 1.29 is 4.74 Å². The second-order valence-corrected chi connectivity index (χ2v) is 2.47. The normalized spacial score (nSPS) is 10.4. The zero-order valence-electron chi connectivity index (χ0n) is 6.98. The molecule has 0 unspecified atom stereocenters. The first-order chi connectivity index (χ1) is 5.36. The molecule has 11 heavy (non-hydrogen) atoms. The lowest BCUT2D eigenvalue weighted by Crippen LogP contribution is -2.05. The molecule has 0 fully saturated rings. The summed E-state index contributed by atoms with van der Waals surface area (Å²) in [6, 6.07) is 4.10. The maximum atomic E-state index is 4.97. The van der Waals surface area contributed by atoms with E-state index in [0.717, 1.165) is 12.2 Å². The van der Waals surface area contributed by atoms with E-state index in [0.29, 0.717) is 6.61 Å². The van der Waals surface area contributed by atoms with Crippen molar-refractivity contribution in [2.75, 3.05) is 14.2 Å². The largest absolute Gasteiger partial charge is 0.378 e. The van der Waals surface area contributed by atoms with E-state index in [2.05, 4.69) is 16.4 Å². The average Bonchev–Trinajstić information content (AvgIpc) is 2.38. The highest BCUT2D eigenvalue weighted by molar-refractivity contribution is 5.12. The Bertz CT molecular complexity index is 187. The third-order valence-electron chi connectivity index (χ3n) is 1.47. The summed E-state index contributed by atoms with van der Waals surface area (Å²) in [6.07, 6.45) is 0. The molecule has 0 aliphatic carbocycles. The highest BCUT2D eigenvalue weighted by Crippen LogP contribution is 2.01. The summed E-state index contributed by atoms with van der Waals surface area (Å²) < 4.78 is 4.97. The second kappa shape index (κ2) is 4.16. The van der Waals surface area contributed by atoms with Crippen LogP contribution in [0.25, 0.3) is 0 Å². The molecular formula is C8H14N2O. The maximum Gasteiger partial charge on any atom is 0.0861 e. The molecule has 1 heterocycles. The summed E-state index contributed by atoms with van der Waals surface area (Å²) in [4.78, 5) is 3.23. The van der Waals surface area contributed by atoms with Gasteiger partial charge in [0, 0.05) is 25.0 Å². The fourth-order valence-electron chi connectivity index (χ4n) is 1.02. The van der Waals surface area contributed by atoms with E-state index in [9.17, 15) is 0 Å². The van der Waals surface area contributed by atoms with Crippen LogP contribution in [0.2, 0.25) is 0 Å². The van der Waals surface area contributed by atoms with Gasteiger partial charge in [-0.25, -0.2) is 0 Å². The second-order valence-electron chi connectivity index (χ2n) is 2.47. The van der Waals surface area contributed by atoms with E-state index in [-0.39, 0.29) is 0 Å². The molecule has 2 N–H and O–H groups in total. The van der Waals surface area contributed by atoms with Crippen molar-refractivity contribution >= 4 is 0 Å². The minimum atomic E-state index is 0.656. The summed E-state index contributed by atoms with van der Waals surface area (Å²) in [5, 5.41) is 3.07. The molecule has 1 rings (SSSR count). The summed E-state index contributed by atoms with van der Waals surface area (Å²) in [5.74, 6) is 0. The van der Waals surface area contributed by atoms with Crippen LogP contribution in [-0.2, 0) is 17.9 Å². The molecule has 0 saturated carbocycles. The number of aromatic nitrogens is 1. The van der Waals surface area contributed by atoms with Crippen molar-refractivity contribution in [2.45, 2.75) is 13.2 Å². The van der Waals surface area contributed by atoms with Gasteiger partial charge in [-0.15, -0.1) is 0 Å². The Hall–Kier alpha value is -0.800. The third-order valence-corrected chi connectivity index (χ3v) is 1.47. The van der Waals surface area contributed by atoms with Crippen molar-refractivity contribution in [1.82, 2.24) is 10.3 Å². The minimum absolute atomic E-state index is 0.656. The molecule has 1 aromatic rings. The van der Waals surface area contributed by atoms with E-state index in [4.69, 9.17) is 4.74 Å². The Morgan fingerprint density at radius 2 is 2.18 bits per heavy atom. The van der Waals surface area contributed by atoms with Crippen LogP contribution >= 0.6 is 0 Å². The van der Waals surface area contributed by atoms with E-state index in [1.54, 1.807) is 7.11 Å². The van der Waals surface area contributed by atoms with Crippen molar-refractivity contribution in [3.05, 3.63) is 23.5 Å². The first-order valence-electron chi connectivity index (χ1n) is 3.67. The van der Waals surface area contributed by atoms with Gasteiger partial charge in [0.05, 0.1) is 6.61 Å². The molecule has 0 atom stereocenters. The Morgan fingerprint density at radius 3 is 2.82 bits per heavy atom. The molecule has 0 amide bonds. The molecule has 3 nitrogen and oxygen atoms in total. The number of aromatic amines is 1. The lowest BCUT2D eigenvalue weighted by atomic mass is 10.4. The molecule has 0 saturated heterocycles. The van der Waals surface area contributed by atoms with Gasteiger partial charge in [0.15, 0.2) is 0 Å². The monoisotopic (exact) mass is 154 g/mol. The molecule has 0 aromatic carbocycles. The van der Waals surface area contributed by atoms with Crippen LogP contribution in [0.5, 0.6) is 0 Å². The maximum absolute atomic E-state index is 4.97. The van der Waals surface area contributed by atoms with Crippen molar-refractivity contribution in [1.29, 1.82) is 0 Å². The highest BCUT2D eigenvalue weighted by atomic mass is 16.5. The fourth-order valence-corrected chi connectivity index (χ4v) is 1.02. The van der Waals surface area contributed by atoms with Crippen molar-refractivity contribution in [3.63, 3.8) is 0 Å². The average molecular weight is 154 g/mol. The van der Waals surface area contributed by atoms with Crippen molar-refractivity contribution in [3.8, 4) is 0 Å². The number of ether oxygens (including phenoxy) is 1. The van der Waals surface area contributed by atoms with Gasteiger partial charge in [-0.1, -0.05) is 0 Å². The highest BCUT2D eigenvalue weighted by Gasteiger charge is 1.95. The van der Waals surface area contributed by atoms with Crippen LogP contribution in [0.4, 0.5) is 0 Å². The molecule has 0 aliphatic rings. The predicted molar refractivity (Wildman–Crippen MR) is 44.3 cm³/mol. The Balaban J connectivity index is 2.51. The van der Waals surface area contributed by atoms with Gasteiger partial charge in [0.25, 0.3) is 0 Å². The van der Waals surface area contributed by atoms with E-state index >= 15 is 0 Å². The number of rotatable bonds is 4. The Labute approximate surface area is 66.8 Å². The van der Waals surface area contributed by atoms with E-state index in [1.165, 1.54) is 5.69 Å². The van der Waals surface area contributed by atoms with Crippen molar-refractivity contribution in [2.24, 2.45) is 0 Å². The zero-order chi connectivity index (χ0) is 8.10. The lowest BCUT2D eigenvalue weighted by Gasteiger charge is -1.95. The zero-order valence-corrected chi connectivity index (χ0v) is 6.98.